The Bertz CT molecular complexity index is 1000. The largest absolute Gasteiger partial charge is 0.349 e. The first-order chi connectivity index (χ1) is 18.4. The predicted octanol–water partition coefficient (Wildman–Crippen LogP) is 3.07. The lowest BCUT2D eigenvalue weighted by Crippen LogP contribution is -2.62. The summed E-state index contributed by atoms with van der Waals surface area (Å²) >= 11 is 13.0. The summed E-state index contributed by atoms with van der Waals surface area (Å²) in [6, 6.07) is -3.61. The van der Waals surface area contributed by atoms with Crippen LogP contribution in [0.5, 0.6) is 0 Å². The molecule has 0 aromatic rings. The Balaban J connectivity index is 2.30. The van der Waals surface area contributed by atoms with Crippen LogP contribution in [-0.4, -0.2) is 75.5 Å². The van der Waals surface area contributed by atoms with Crippen LogP contribution in [0.1, 0.15) is 74.1 Å². The number of nitrogens with zero attached hydrogens (tertiary/aromatic N) is 1. The number of urea groups is 1. The minimum Gasteiger partial charge on any atom is -0.349 e. The molecule has 5 atom stereocenters. The Morgan fingerprint density at radius 1 is 1.07 bits per heavy atom. The molecule has 2 aliphatic rings. The van der Waals surface area contributed by atoms with E-state index in [4.69, 9.17) is 23.2 Å². The van der Waals surface area contributed by atoms with E-state index in [-0.39, 0.29) is 25.4 Å². The molecule has 1 heterocycles. The lowest BCUT2D eigenvalue weighted by molar-refractivity contribution is -0.144. The quantitative estimate of drug-likeness (QED) is 0.118. The molecule has 226 valence electrons. The monoisotopic (exact) mass is 601 g/mol. The lowest BCUT2D eigenvalue weighted by atomic mass is 9.85. The summed E-state index contributed by atoms with van der Waals surface area (Å²) in [5, 5.41) is 10.8. The number of Topliss-reactive ketones (excluding diaryl/α,β-unsaturated/α-hetero) is 1. The van der Waals surface area contributed by atoms with Crippen molar-refractivity contribution in [2.45, 2.75) is 102 Å². The Labute approximate surface area is 247 Å². The van der Waals surface area contributed by atoms with Crippen molar-refractivity contribution in [3.05, 3.63) is 12.7 Å². The van der Waals surface area contributed by atoms with Crippen LogP contribution in [0.15, 0.2) is 12.7 Å². The summed E-state index contributed by atoms with van der Waals surface area (Å²) in [5.41, 5.74) is -1.22. The Kier molecular flexibility index (Phi) is 11.1. The van der Waals surface area contributed by atoms with Gasteiger partial charge in [0.2, 0.25) is 17.6 Å². The molecule has 1 saturated heterocycles. The molecule has 0 aromatic heterocycles. The molecule has 4 N–H and O–H groups in total. The van der Waals surface area contributed by atoms with Crippen LogP contribution in [0.4, 0.5) is 4.79 Å². The highest BCUT2D eigenvalue weighted by Gasteiger charge is 2.74. The van der Waals surface area contributed by atoms with Crippen molar-refractivity contribution in [2.75, 3.05) is 13.1 Å². The molecule has 5 amide bonds. The first-order valence-corrected chi connectivity index (χ1v) is 14.6. The third-order valence-electron chi connectivity index (χ3n) is 7.10. The molecule has 0 aromatic carbocycles. The van der Waals surface area contributed by atoms with Gasteiger partial charge >= 0.3 is 6.03 Å². The molecule has 40 heavy (non-hydrogen) atoms. The van der Waals surface area contributed by atoms with Gasteiger partial charge in [0.1, 0.15) is 16.4 Å². The number of likely N-dealkylation sites (tertiary alicyclic amines) is 1. The number of nitrogens with one attached hydrogen (secondary N) is 4. The number of halogens is 2. The molecule has 2 rings (SSSR count). The summed E-state index contributed by atoms with van der Waals surface area (Å²) in [6.07, 6.45) is 3.73. The summed E-state index contributed by atoms with van der Waals surface area (Å²) in [5.74, 6) is -3.50. The highest BCUT2D eigenvalue weighted by Crippen LogP contribution is 2.65. The van der Waals surface area contributed by atoms with Gasteiger partial charge in [0.15, 0.2) is 0 Å². The number of hydrogen-bond donors (Lipinski definition) is 4. The van der Waals surface area contributed by atoms with E-state index in [9.17, 15) is 24.0 Å². The molecule has 1 aliphatic heterocycles. The van der Waals surface area contributed by atoms with Crippen LogP contribution in [0.25, 0.3) is 0 Å². The van der Waals surface area contributed by atoms with Crippen molar-refractivity contribution < 1.29 is 24.0 Å². The zero-order valence-corrected chi connectivity index (χ0v) is 26.2. The number of unbranched alkanes of at least 4 members (excludes halogenated alkanes) is 1. The third kappa shape index (κ3) is 8.35. The summed E-state index contributed by atoms with van der Waals surface area (Å²) in [6.45, 7) is 16.8. The van der Waals surface area contributed by atoms with Crippen LogP contribution in [0, 0.1) is 17.3 Å². The summed E-state index contributed by atoms with van der Waals surface area (Å²) in [7, 11) is 0. The molecule has 2 fully saturated rings. The first kappa shape index (κ1) is 33.9. The summed E-state index contributed by atoms with van der Waals surface area (Å²) < 4.78 is -1.20. The minimum atomic E-state index is -1.20. The average Bonchev–Trinajstić information content (AvgIpc) is 3.15. The molecular formula is C28H45Cl2N5O5. The Hall–Kier alpha value is -2.33. The van der Waals surface area contributed by atoms with Crippen LogP contribution in [0.2, 0.25) is 0 Å². The number of carbonyl (C=O) groups is 5. The number of hydrogen-bond acceptors (Lipinski definition) is 5. The predicted molar refractivity (Wildman–Crippen MR) is 156 cm³/mol. The highest BCUT2D eigenvalue weighted by molar-refractivity contribution is 6.51. The van der Waals surface area contributed by atoms with Crippen molar-refractivity contribution in [1.29, 1.82) is 0 Å². The number of ketones is 1. The third-order valence-corrected chi connectivity index (χ3v) is 8.16. The van der Waals surface area contributed by atoms with Crippen LogP contribution >= 0.6 is 23.2 Å². The van der Waals surface area contributed by atoms with Gasteiger partial charge in [-0.05, 0) is 39.0 Å². The number of piperidine rings is 1. The van der Waals surface area contributed by atoms with Crippen molar-refractivity contribution >= 4 is 52.7 Å². The lowest BCUT2D eigenvalue weighted by Gasteiger charge is -2.38. The number of fused-ring (bicyclic) bond motifs is 1. The fourth-order valence-corrected chi connectivity index (χ4v) is 5.75. The van der Waals surface area contributed by atoms with Crippen molar-refractivity contribution in [1.82, 2.24) is 26.2 Å². The number of rotatable bonds is 12. The molecule has 10 nitrogen and oxygen atoms in total. The van der Waals surface area contributed by atoms with E-state index in [1.54, 1.807) is 6.08 Å². The maximum atomic E-state index is 13.9. The average molecular weight is 603 g/mol. The van der Waals surface area contributed by atoms with E-state index in [0.29, 0.717) is 12.8 Å². The smallest absolute Gasteiger partial charge is 0.315 e. The molecule has 12 heteroatoms. The van der Waals surface area contributed by atoms with Crippen molar-refractivity contribution in [2.24, 2.45) is 17.3 Å². The van der Waals surface area contributed by atoms with Crippen LogP contribution in [-0.2, 0) is 19.2 Å². The fourth-order valence-electron chi connectivity index (χ4n) is 4.92. The van der Waals surface area contributed by atoms with E-state index in [2.05, 4.69) is 27.8 Å². The Morgan fingerprint density at radius 3 is 2.23 bits per heavy atom. The highest BCUT2D eigenvalue weighted by atomic mass is 35.5. The molecule has 0 radical (unpaired) electrons. The molecule has 1 aliphatic carbocycles. The minimum absolute atomic E-state index is 0.124. The first-order valence-electron chi connectivity index (χ1n) is 13.9. The number of carbonyl (C=O) groups excluding carboxylic acids is 5. The van der Waals surface area contributed by atoms with Gasteiger partial charge in [0.05, 0.1) is 6.04 Å². The van der Waals surface area contributed by atoms with Gasteiger partial charge in [0, 0.05) is 30.5 Å². The van der Waals surface area contributed by atoms with E-state index in [1.807, 2.05) is 48.5 Å². The van der Waals surface area contributed by atoms with E-state index >= 15 is 0 Å². The summed E-state index contributed by atoms with van der Waals surface area (Å²) in [4.78, 5) is 67.2. The fraction of sp³-hybridized carbons (Fsp3) is 0.750. The van der Waals surface area contributed by atoms with Gasteiger partial charge in [-0.15, -0.1) is 29.8 Å². The van der Waals surface area contributed by atoms with Gasteiger partial charge in [0.25, 0.3) is 5.91 Å². The van der Waals surface area contributed by atoms with E-state index in [1.165, 1.54) is 4.90 Å². The molecule has 0 bridgehead atoms. The molecule has 1 saturated carbocycles. The SMILES string of the molecule is C=CCCNC(=O)C(=O)[C@@H](CCCC)NC(=O)[C@@H]1C2C(CN1C(=O)[C@@H](NC(=O)NC(C)(C)C)C(C)(C)C)C2(Cl)Cl. The zero-order valence-electron chi connectivity index (χ0n) is 24.7. The standard InChI is InChI=1S/C28H45Cl2N5O5/c1-9-11-13-17(20(36)23(38)31-14-12-10-2)32-22(37)19-18-16(28(18,29)30)15-35(19)24(39)21(26(3,4)5)33-25(40)34-27(6,7)8/h10,16-19,21H,2,9,11-15H2,1,3-8H3,(H,31,38)(H,32,37)(H2,33,34,40)/t16?,17-,18?,19+,21-/m1/s1. The van der Waals surface area contributed by atoms with Gasteiger partial charge in [-0.1, -0.05) is 46.6 Å². The van der Waals surface area contributed by atoms with Crippen molar-refractivity contribution in [3.8, 4) is 0 Å². The molecule has 2 unspecified atom stereocenters. The molecular weight excluding hydrogens is 557 g/mol. The van der Waals surface area contributed by atoms with E-state index < -0.39 is 68.9 Å². The second-order valence-electron chi connectivity index (χ2n) is 12.8. The van der Waals surface area contributed by atoms with E-state index in [0.717, 1.165) is 6.42 Å². The number of amides is 5. The second-order valence-corrected chi connectivity index (χ2v) is 14.2. The number of alkyl halides is 2. The topological polar surface area (TPSA) is 137 Å². The Morgan fingerprint density at radius 2 is 1.70 bits per heavy atom. The van der Waals surface area contributed by atoms with Crippen molar-refractivity contribution in [3.63, 3.8) is 0 Å². The maximum absolute atomic E-state index is 13.9. The molecule has 0 spiro atoms. The zero-order chi connectivity index (χ0) is 30.6. The second kappa shape index (κ2) is 13.1. The van der Waals surface area contributed by atoms with Gasteiger partial charge < -0.3 is 26.2 Å². The van der Waals surface area contributed by atoms with Gasteiger partial charge in [-0.3, -0.25) is 19.2 Å². The van der Waals surface area contributed by atoms with Gasteiger partial charge in [-0.25, -0.2) is 4.79 Å². The van der Waals surface area contributed by atoms with Gasteiger partial charge in [-0.2, -0.15) is 0 Å². The maximum Gasteiger partial charge on any atom is 0.315 e. The van der Waals surface area contributed by atoms with Crippen LogP contribution < -0.4 is 21.3 Å². The normalized spacial score (nSPS) is 22.8. The van der Waals surface area contributed by atoms with Crippen LogP contribution in [0.3, 0.4) is 0 Å².